The van der Waals surface area contributed by atoms with Gasteiger partial charge in [-0.3, -0.25) is 4.79 Å². The fraction of sp³-hybridized carbons (Fsp3) is 0.533. The summed E-state index contributed by atoms with van der Waals surface area (Å²) in [6.07, 6.45) is 1.28. The molecule has 0 radical (unpaired) electrons. The highest BCUT2D eigenvalue weighted by Gasteiger charge is 2.26. The van der Waals surface area contributed by atoms with E-state index in [9.17, 15) is 4.79 Å². The second-order valence-corrected chi connectivity index (χ2v) is 4.95. The van der Waals surface area contributed by atoms with Crippen LogP contribution in [0.15, 0.2) is 30.3 Å². The third-order valence-corrected chi connectivity index (χ3v) is 3.64. The zero-order chi connectivity index (χ0) is 13.7. The van der Waals surface area contributed by atoms with Crippen molar-refractivity contribution in [3.63, 3.8) is 0 Å². The Hall–Kier alpha value is -1.39. The largest absolute Gasteiger partial charge is 0.377 e. The number of hydrogen-bond donors (Lipinski definition) is 1. The van der Waals surface area contributed by atoms with Crippen LogP contribution in [-0.4, -0.2) is 36.6 Å². The van der Waals surface area contributed by atoms with E-state index in [1.54, 1.807) is 0 Å². The van der Waals surface area contributed by atoms with Gasteiger partial charge in [-0.1, -0.05) is 37.3 Å². The third kappa shape index (κ3) is 3.55. The van der Waals surface area contributed by atoms with Gasteiger partial charge in [0.1, 0.15) is 0 Å². The molecule has 1 amide bonds. The molecule has 104 valence electrons. The van der Waals surface area contributed by atoms with Gasteiger partial charge in [-0.15, -0.1) is 0 Å². The zero-order valence-electron chi connectivity index (χ0n) is 11.4. The molecule has 0 aliphatic carbocycles. The number of hydrogen-bond acceptors (Lipinski definition) is 3. The second-order valence-electron chi connectivity index (χ2n) is 4.95. The summed E-state index contributed by atoms with van der Waals surface area (Å²) in [5, 5.41) is 0. The summed E-state index contributed by atoms with van der Waals surface area (Å²) >= 11 is 0. The quantitative estimate of drug-likeness (QED) is 0.898. The molecule has 0 saturated carbocycles. The lowest BCUT2D eigenvalue weighted by Gasteiger charge is -2.35. The van der Waals surface area contributed by atoms with Crippen molar-refractivity contribution in [1.29, 1.82) is 0 Å². The molecule has 0 bridgehead atoms. The number of benzene rings is 1. The normalized spacial score (nSPS) is 21.2. The van der Waals surface area contributed by atoms with Crippen LogP contribution in [0, 0.1) is 0 Å². The topological polar surface area (TPSA) is 55.6 Å². The maximum atomic E-state index is 12.3. The lowest BCUT2D eigenvalue weighted by Crippen LogP contribution is -2.48. The molecule has 1 aromatic rings. The number of nitrogens with zero attached hydrogens (tertiary/aromatic N) is 1. The van der Waals surface area contributed by atoms with Crippen LogP contribution in [0.5, 0.6) is 0 Å². The molecular weight excluding hydrogens is 240 g/mol. The van der Waals surface area contributed by atoms with E-state index in [-0.39, 0.29) is 18.0 Å². The van der Waals surface area contributed by atoms with Crippen molar-refractivity contribution in [1.82, 2.24) is 4.90 Å². The molecule has 2 rings (SSSR count). The molecule has 1 heterocycles. The first-order valence-electron chi connectivity index (χ1n) is 6.90. The SMILES string of the molecule is CC[C@@H]1COCCN1C(=O)C[C@H](N)c1ccccc1. The number of nitrogens with two attached hydrogens (primary N) is 1. The van der Waals surface area contributed by atoms with E-state index in [2.05, 4.69) is 6.92 Å². The van der Waals surface area contributed by atoms with Crippen molar-refractivity contribution in [2.75, 3.05) is 19.8 Å². The van der Waals surface area contributed by atoms with E-state index in [0.717, 1.165) is 12.0 Å². The van der Waals surface area contributed by atoms with Gasteiger partial charge in [0.2, 0.25) is 5.91 Å². The average Bonchev–Trinajstić information content (AvgIpc) is 2.48. The number of ether oxygens (including phenoxy) is 1. The first-order valence-corrected chi connectivity index (χ1v) is 6.90. The second kappa shape index (κ2) is 6.68. The van der Waals surface area contributed by atoms with Crippen LogP contribution in [-0.2, 0) is 9.53 Å². The van der Waals surface area contributed by atoms with Crippen LogP contribution in [0.1, 0.15) is 31.4 Å². The van der Waals surface area contributed by atoms with E-state index in [1.807, 2.05) is 35.2 Å². The highest BCUT2D eigenvalue weighted by Crippen LogP contribution is 2.18. The molecule has 1 aliphatic rings. The van der Waals surface area contributed by atoms with Gasteiger partial charge in [-0.05, 0) is 12.0 Å². The Morgan fingerprint density at radius 2 is 2.21 bits per heavy atom. The molecule has 4 nitrogen and oxygen atoms in total. The van der Waals surface area contributed by atoms with Crippen molar-refractivity contribution >= 4 is 5.91 Å². The lowest BCUT2D eigenvalue weighted by atomic mass is 10.0. The standard InChI is InChI=1S/C15H22N2O2/c1-2-13-11-19-9-8-17(13)15(18)10-14(16)12-6-4-3-5-7-12/h3-7,13-14H,2,8-11,16H2,1H3/t13-,14+/m1/s1. The smallest absolute Gasteiger partial charge is 0.224 e. The van der Waals surface area contributed by atoms with Crippen LogP contribution < -0.4 is 5.73 Å². The maximum Gasteiger partial charge on any atom is 0.224 e. The minimum Gasteiger partial charge on any atom is -0.377 e. The molecule has 1 aromatic carbocycles. The Labute approximate surface area is 114 Å². The number of carbonyl (C=O) groups excluding carboxylic acids is 1. The highest BCUT2D eigenvalue weighted by molar-refractivity contribution is 5.77. The van der Waals surface area contributed by atoms with Gasteiger partial charge in [0.25, 0.3) is 0 Å². The number of morpholine rings is 1. The Morgan fingerprint density at radius 3 is 2.89 bits per heavy atom. The van der Waals surface area contributed by atoms with Crippen molar-refractivity contribution in [3.8, 4) is 0 Å². The Morgan fingerprint density at radius 1 is 1.47 bits per heavy atom. The van der Waals surface area contributed by atoms with Crippen LogP contribution in [0.25, 0.3) is 0 Å². The molecule has 1 aliphatic heterocycles. The number of amides is 1. The van der Waals surface area contributed by atoms with Crippen LogP contribution in [0.3, 0.4) is 0 Å². The van der Waals surface area contributed by atoms with E-state index in [4.69, 9.17) is 10.5 Å². The molecule has 0 spiro atoms. The molecule has 19 heavy (non-hydrogen) atoms. The lowest BCUT2D eigenvalue weighted by molar-refractivity contribution is -0.140. The number of rotatable bonds is 4. The van der Waals surface area contributed by atoms with Gasteiger partial charge in [-0.2, -0.15) is 0 Å². The zero-order valence-corrected chi connectivity index (χ0v) is 11.4. The monoisotopic (exact) mass is 262 g/mol. The fourth-order valence-electron chi connectivity index (χ4n) is 2.44. The Bertz CT molecular complexity index is 408. The summed E-state index contributed by atoms with van der Waals surface area (Å²) in [7, 11) is 0. The summed E-state index contributed by atoms with van der Waals surface area (Å²) in [5.41, 5.74) is 7.12. The van der Waals surface area contributed by atoms with E-state index in [1.165, 1.54) is 0 Å². The molecule has 2 atom stereocenters. The predicted octanol–water partition coefficient (Wildman–Crippen LogP) is 1.71. The van der Waals surface area contributed by atoms with Gasteiger partial charge < -0.3 is 15.4 Å². The molecule has 0 unspecified atom stereocenters. The number of carbonyl (C=O) groups is 1. The average molecular weight is 262 g/mol. The Balaban J connectivity index is 1.96. The molecule has 4 heteroatoms. The minimum absolute atomic E-state index is 0.131. The molecule has 2 N–H and O–H groups in total. The summed E-state index contributed by atoms with van der Waals surface area (Å²) in [6.45, 7) is 4.03. The summed E-state index contributed by atoms with van der Waals surface area (Å²) in [6, 6.07) is 9.75. The van der Waals surface area contributed by atoms with Gasteiger partial charge in [-0.25, -0.2) is 0 Å². The first kappa shape index (κ1) is 14.0. The van der Waals surface area contributed by atoms with Crippen molar-refractivity contribution in [2.45, 2.75) is 31.8 Å². The molecule has 1 fully saturated rings. The van der Waals surface area contributed by atoms with Crippen molar-refractivity contribution in [3.05, 3.63) is 35.9 Å². The Kier molecular flexibility index (Phi) is 4.93. The molecular formula is C15H22N2O2. The fourth-order valence-corrected chi connectivity index (χ4v) is 2.44. The van der Waals surface area contributed by atoms with Gasteiger partial charge in [0.15, 0.2) is 0 Å². The van der Waals surface area contributed by atoms with Crippen molar-refractivity contribution in [2.24, 2.45) is 5.73 Å². The maximum absolute atomic E-state index is 12.3. The predicted molar refractivity (Wildman–Crippen MR) is 74.6 cm³/mol. The summed E-state index contributed by atoms with van der Waals surface area (Å²) < 4.78 is 5.42. The van der Waals surface area contributed by atoms with Gasteiger partial charge >= 0.3 is 0 Å². The van der Waals surface area contributed by atoms with Crippen molar-refractivity contribution < 1.29 is 9.53 Å². The van der Waals surface area contributed by atoms with E-state index >= 15 is 0 Å². The summed E-state index contributed by atoms with van der Waals surface area (Å²) in [4.78, 5) is 14.3. The van der Waals surface area contributed by atoms with Gasteiger partial charge in [0.05, 0.1) is 19.3 Å². The van der Waals surface area contributed by atoms with Crippen LogP contribution >= 0.6 is 0 Å². The molecule has 0 aromatic heterocycles. The third-order valence-electron chi connectivity index (χ3n) is 3.64. The minimum atomic E-state index is -0.228. The summed E-state index contributed by atoms with van der Waals surface area (Å²) in [5.74, 6) is 0.131. The molecule has 1 saturated heterocycles. The van der Waals surface area contributed by atoms with Crippen LogP contribution in [0.4, 0.5) is 0 Å². The first-order chi connectivity index (χ1) is 9.22. The highest BCUT2D eigenvalue weighted by atomic mass is 16.5. The van der Waals surface area contributed by atoms with E-state index in [0.29, 0.717) is 26.2 Å². The van der Waals surface area contributed by atoms with E-state index < -0.39 is 0 Å². The van der Waals surface area contributed by atoms with Crippen LogP contribution in [0.2, 0.25) is 0 Å². The van der Waals surface area contributed by atoms with Gasteiger partial charge in [0, 0.05) is 19.0 Å².